The van der Waals surface area contributed by atoms with Gasteiger partial charge in [-0.2, -0.15) is 0 Å². The van der Waals surface area contributed by atoms with Crippen LogP contribution in [0.4, 0.5) is 0 Å². The molecule has 0 N–H and O–H groups in total. The van der Waals surface area contributed by atoms with E-state index in [9.17, 15) is 0 Å². The second kappa shape index (κ2) is 6.69. The Morgan fingerprint density at radius 2 is 1.00 bits per heavy atom. The third-order valence-electron chi connectivity index (χ3n) is 5.78. The molecule has 28 heavy (non-hydrogen) atoms. The summed E-state index contributed by atoms with van der Waals surface area (Å²) in [4.78, 5) is 0. The van der Waals surface area contributed by atoms with Crippen molar-refractivity contribution in [1.82, 2.24) is 0 Å². The van der Waals surface area contributed by atoms with Crippen LogP contribution >= 0.6 is 27.2 Å². The molecule has 142 valence electrons. The SMILES string of the molecule is Cc1cc(C)c(-c2cccc(-c3c(C)cc(C)cc3C)c2-p2p3[pH]p23)c(C)c1. The van der Waals surface area contributed by atoms with Crippen molar-refractivity contribution in [2.24, 2.45) is 0 Å². The molecule has 0 nitrogen and oxygen atoms in total. The van der Waals surface area contributed by atoms with Crippen LogP contribution in [0.3, 0.4) is 0 Å². The molecule has 0 amide bonds. The summed E-state index contributed by atoms with van der Waals surface area (Å²) in [6.45, 7) is 13.8. The lowest BCUT2D eigenvalue weighted by atomic mass is 9.89. The third kappa shape index (κ3) is 2.98. The number of hydrogen-bond acceptors (Lipinski definition) is 0. The van der Waals surface area contributed by atoms with Gasteiger partial charge in [-0.1, -0.05) is 61.1 Å². The first-order valence-corrected chi connectivity index (χ1v) is 18.6. The summed E-state index contributed by atoms with van der Waals surface area (Å²) in [5.74, 6) is 0. The fourth-order valence-corrected chi connectivity index (χ4v) is 43.5. The molecule has 0 aliphatic carbocycles. The Hall–Kier alpha value is -1.14. The Balaban J connectivity index is 1.84. The van der Waals surface area contributed by atoms with Crippen LogP contribution in [0, 0.1) is 41.5 Å². The lowest BCUT2D eigenvalue weighted by molar-refractivity contribution is 1.31. The monoisotopic (exact) mass is 438 g/mol. The standard InChI is InChI=1S/C24H26P4/c1-14-10-16(3)22(17(4)11-14)20-8-7-9-21(24(20)26-27-25-28(26)27)23-18(5)12-15(2)13-19(23)6/h7-13,25H,1-6H3. The van der Waals surface area contributed by atoms with Gasteiger partial charge in [-0.05, 0) is 106 Å². The van der Waals surface area contributed by atoms with E-state index < -0.39 is 0 Å². The highest BCUT2D eigenvalue weighted by atomic mass is 33.1. The second-order valence-electron chi connectivity index (χ2n) is 8.22. The normalized spacial score (nSPS) is 14.1. The van der Waals surface area contributed by atoms with Crippen LogP contribution in [0.25, 0.3) is 27.6 Å². The zero-order valence-corrected chi connectivity index (χ0v) is 21.1. The molecule has 4 heteroatoms. The maximum Gasteiger partial charge on any atom is 0.0226 e. The highest BCUT2D eigenvalue weighted by molar-refractivity contribution is 9.05. The van der Waals surface area contributed by atoms with Crippen LogP contribution in [0.15, 0.2) is 42.5 Å². The highest BCUT2D eigenvalue weighted by Crippen LogP contribution is 3.06. The van der Waals surface area contributed by atoms with E-state index in [1.807, 2.05) is 0 Å². The van der Waals surface area contributed by atoms with E-state index in [0.29, 0.717) is 12.7 Å². The molecule has 0 aliphatic rings. The number of aryl methyl sites for hydroxylation is 6. The van der Waals surface area contributed by atoms with Crippen molar-refractivity contribution in [3.63, 3.8) is 0 Å². The van der Waals surface area contributed by atoms with Crippen molar-refractivity contribution in [2.45, 2.75) is 41.5 Å². The van der Waals surface area contributed by atoms with Crippen LogP contribution in [-0.4, -0.2) is 0 Å². The molecule has 0 saturated carbocycles. The first-order chi connectivity index (χ1) is 13.4. The summed E-state index contributed by atoms with van der Waals surface area (Å²) >= 11 is 0. The predicted octanol–water partition coefficient (Wildman–Crippen LogP) is 10.0. The van der Waals surface area contributed by atoms with Crippen LogP contribution in [0.5, 0.6) is 0 Å². The van der Waals surface area contributed by atoms with E-state index in [2.05, 4.69) is 84.0 Å². The highest BCUT2D eigenvalue weighted by Gasteiger charge is 2.30. The molecule has 0 bridgehead atoms. The molecule has 0 fully saturated rings. The van der Waals surface area contributed by atoms with Gasteiger partial charge < -0.3 is 0 Å². The Bertz CT molecular complexity index is 1180. The van der Waals surface area contributed by atoms with Crippen molar-refractivity contribution in [2.75, 3.05) is 0 Å². The summed E-state index contributed by atoms with van der Waals surface area (Å²) in [6.07, 6.45) is 0.900. The minimum atomic E-state index is 0.179. The molecule has 0 aliphatic heterocycles. The summed E-state index contributed by atoms with van der Waals surface area (Å²) < 4.78 is 0. The fourth-order valence-electron chi connectivity index (χ4n) is 4.80. The lowest BCUT2D eigenvalue weighted by Gasteiger charge is -2.20. The topological polar surface area (TPSA) is 0 Å². The van der Waals surface area contributed by atoms with Crippen molar-refractivity contribution in [3.8, 4) is 27.6 Å². The molecule has 2 aromatic heterocycles. The molecule has 5 rings (SSSR count). The van der Waals surface area contributed by atoms with Gasteiger partial charge >= 0.3 is 0 Å². The van der Waals surface area contributed by atoms with Gasteiger partial charge in [0.15, 0.2) is 0 Å². The van der Waals surface area contributed by atoms with E-state index in [-0.39, 0.29) is 6.89 Å². The molecule has 0 saturated heterocycles. The summed E-state index contributed by atoms with van der Waals surface area (Å²) in [7, 11) is 1.36. The van der Waals surface area contributed by atoms with Gasteiger partial charge in [0.1, 0.15) is 0 Å². The number of benzene rings is 3. The molecule has 2 unspecified atom stereocenters. The molecule has 2 atom stereocenters. The van der Waals surface area contributed by atoms with Crippen LogP contribution in [0.2, 0.25) is 0 Å². The number of fused-ring (bicyclic) bond motifs is 1. The number of hydrogen-bond donors (Lipinski definition) is 0. The van der Waals surface area contributed by atoms with Gasteiger partial charge in [-0.25, -0.2) is 0 Å². The van der Waals surface area contributed by atoms with Gasteiger partial charge in [0.25, 0.3) is 0 Å². The van der Waals surface area contributed by atoms with Crippen molar-refractivity contribution < 1.29 is 0 Å². The van der Waals surface area contributed by atoms with Crippen molar-refractivity contribution >= 4 is 27.2 Å². The van der Waals surface area contributed by atoms with Crippen LogP contribution in [0.1, 0.15) is 33.4 Å². The molecule has 2 heterocycles. The summed E-state index contributed by atoms with van der Waals surface area (Å²) in [5.41, 5.74) is 14.5. The quantitative estimate of drug-likeness (QED) is 0.263. The first-order valence-electron chi connectivity index (χ1n) is 9.82. The Labute approximate surface area is 172 Å². The van der Waals surface area contributed by atoms with Crippen molar-refractivity contribution in [3.05, 3.63) is 75.8 Å². The van der Waals surface area contributed by atoms with E-state index in [4.69, 9.17) is 0 Å². The number of rotatable bonds is 3. The Kier molecular flexibility index (Phi) is 4.51. The minimum Gasteiger partial charge on any atom is -0.0722 e. The fraction of sp³-hybridized carbons (Fsp3) is 0.250. The van der Waals surface area contributed by atoms with E-state index in [0.717, 1.165) is 0 Å². The van der Waals surface area contributed by atoms with Gasteiger partial charge in [0, 0.05) is 5.30 Å². The van der Waals surface area contributed by atoms with Crippen LogP contribution in [-0.2, 0) is 0 Å². The molecule has 3 aromatic carbocycles. The van der Waals surface area contributed by atoms with Crippen molar-refractivity contribution in [1.29, 1.82) is 0 Å². The maximum absolute atomic E-state index is 2.42. The second-order valence-corrected chi connectivity index (χ2v) is 30.2. The van der Waals surface area contributed by atoms with Gasteiger partial charge in [-0.15, -0.1) is 0 Å². The van der Waals surface area contributed by atoms with Gasteiger partial charge in [0.05, 0.1) is 0 Å². The van der Waals surface area contributed by atoms with Gasteiger partial charge in [0.2, 0.25) is 0 Å². The van der Waals surface area contributed by atoms with Crippen LogP contribution < -0.4 is 0 Å². The molecule has 0 radical (unpaired) electrons. The third-order valence-corrected chi connectivity index (χ3v) is 39.2. The van der Waals surface area contributed by atoms with Gasteiger partial charge in [-0.3, -0.25) is 0 Å². The predicted molar refractivity (Wildman–Crippen MR) is 134 cm³/mol. The molecule has 0 spiro atoms. The molecule has 5 aromatic rings. The van der Waals surface area contributed by atoms with E-state index in [1.165, 1.54) is 52.1 Å². The average molecular weight is 438 g/mol. The largest absolute Gasteiger partial charge is 0.0722 e. The molecular weight excluding hydrogens is 412 g/mol. The summed E-state index contributed by atoms with van der Waals surface area (Å²) in [5, 5.41) is 1.75. The minimum absolute atomic E-state index is 0.179. The molecular formula is C24H26P4. The summed E-state index contributed by atoms with van der Waals surface area (Å²) in [6, 6.07) is 16.6. The Morgan fingerprint density at radius 1 is 0.607 bits per heavy atom. The zero-order chi connectivity index (χ0) is 19.7. The zero-order valence-electron chi connectivity index (χ0n) is 17.4. The smallest absolute Gasteiger partial charge is 0.0226 e. The average Bonchev–Trinajstić information content (AvgIpc) is 3.47. The van der Waals surface area contributed by atoms with E-state index >= 15 is 0 Å². The first kappa shape index (κ1) is 18.9. The Morgan fingerprint density at radius 3 is 1.32 bits per heavy atom. The maximum atomic E-state index is 2.42. The lowest BCUT2D eigenvalue weighted by Crippen LogP contribution is -1.95. The van der Waals surface area contributed by atoms with E-state index in [1.54, 1.807) is 16.4 Å².